The Labute approximate surface area is 99.4 Å². The van der Waals surface area contributed by atoms with E-state index in [9.17, 15) is 9.90 Å². The Kier molecular flexibility index (Phi) is 3.49. The molecule has 0 unspecified atom stereocenters. The molecule has 0 bridgehead atoms. The van der Waals surface area contributed by atoms with Gasteiger partial charge in [-0.15, -0.1) is 0 Å². The molecule has 1 aliphatic carbocycles. The first-order valence-electron chi connectivity index (χ1n) is 5.82. The predicted octanol–water partition coefficient (Wildman–Crippen LogP) is 1.37. The summed E-state index contributed by atoms with van der Waals surface area (Å²) in [7, 11) is 0. The van der Waals surface area contributed by atoms with Crippen molar-refractivity contribution in [1.29, 1.82) is 0 Å². The van der Waals surface area contributed by atoms with Crippen LogP contribution in [0.4, 0.5) is 0 Å². The fraction of sp³-hybridized carbons (Fsp3) is 0.583. The van der Waals surface area contributed by atoms with Gasteiger partial charge in [-0.25, -0.2) is 4.79 Å². The van der Waals surface area contributed by atoms with Gasteiger partial charge in [-0.05, 0) is 18.9 Å². The van der Waals surface area contributed by atoms with Gasteiger partial charge in [0.1, 0.15) is 0 Å². The van der Waals surface area contributed by atoms with Crippen LogP contribution in [0.25, 0.3) is 0 Å². The van der Waals surface area contributed by atoms with Gasteiger partial charge in [0, 0.05) is 17.6 Å². The molecule has 5 heteroatoms. The number of hydrogen-bond donors (Lipinski definition) is 3. The average Bonchev–Trinajstić information content (AvgIpc) is 2.96. The lowest BCUT2D eigenvalue weighted by molar-refractivity contribution is 0.0660. The van der Waals surface area contributed by atoms with E-state index >= 15 is 0 Å². The lowest BCUT2D eigenvalue weighted by Crippen LogP contribution is -2.45. The highest BCUT2D eigenvalue weighted by Crippen LogP contribution is 2.29. The number of hydrogen-bond acceptors (Lipinski definition) is 4. The van der Waals surface area contributed by atoms with Gasteiger partial charge in [0.2, 0.25) is 5.76 Å². The largest absolute Gasteiger partial charge is 0.475 e. The van der Waals surface area contributed by atoms with E-state index < -0.39 is 5.97 Å². The van der Waals surface area contributed by atoms with Gasteiger partial charge < -0.3 is 19.9 Å². The van der Waals surface area contributed by atoms with E-state index in [4.69, 9.17) is 9.52 Å². The topological polar surface area (TPSA) is 82.7 Å². The molecule has 0 spiro atoms. The molecule has 0 saturated heterocycles. The van der Waals surface area contributed by atoms with Crippen LogP contribution in [0.3, 0.4) is 0 Å². The van der Waals surface area contributed by atoms with Crippen LogP contribution in [0.15, 0.2) is 16.7 Å². The second-order valence-corrected chi connectivity index (χ2v) is 4.58. The molecular weight excluding hydrogens is 222 g/mol. The Morgan fingerprint density at radius 2 is 2.18 bits per heavy atom. The molecule has 94 valence electrons. The number of rotatable bonds is 5. The molecule has 1 fully saturated rings. The number of aliphatic hydroxyl groups excluding tert-OH is 1. The van der Waals surface area contributed by atoms with E-state index in [1.807, 2.05) is 0 Å². The van der Waals surface area contributed by atoms with Crippen molar-refractivity contribution < 1.29 is 19.4 Å². The maximum Gasteiger partial charge on any atom is 0.372 e. The van der Waals surface area contributed by atoms with E-state index in [2.05, 4.69) is 5.32 Å². The van der Waals surface area contributed by atoms with Crippen LogP contribution < -0.4 is 5.32 Å². The van der Waals surface area contributed by atoms with Crippen LogP contribution in [-0.4, -0.2) is 28.3 Å². The minimum Gasteiger partial charge on any atom is -0.475 e. The summed E-state index contributed by atoms with van der Waals surface area (Å²) in [6.07, 6.45) is 5.45. The molecule has 0 amide bonds. The summed E-state index contributed by atoms with van der Waals surface area (Å²) in [6.45, 7) is 0.506. The summed E-state index contributed by atoms with van der Waals surface area (Å²) in [6, 6.07) is 1.65. The molecule has 2 rings (SSSR count). The maximum absolute atomic E-state index is 10.9. The second-order valence-electron chi connectivity index (χ2n) is 4.58. The van der Waals surface area contributed by atoms with Gasteiger partial charge >= 0.3 is 5.97 Å². The van der Waals surface area contributed by atoms with Gasteiger partial charge in [0.15, 0.2) is 0 Å². The van der Waals surface area contributed by atoms with E-state index in [0.29, 0.717) is 12.1 Å². The van der Waals surface area contributed by atoms with E-state index in [-0.39, 0.29) is 17.9 Å². The fourth-order valence-electron chi connectivity index (χ4n) is 2.39. The fourth-order valence-corrected chi connectivity index (χ4v) is 2.39. The predicted molar refractivity (Wildman–Crippen MR) is 60.8 cm³/mol. The van der Waals surface area contributed by atoms with Crippen LogP contribution in [-0.2, 0) is 6.54 Å². The number of nitrogens with one attached hydrogen (secondary N) is 1. The maximum atomic E-state index is 10.9. The van der Waals surface area contributed by atoms with Crippen molar-refractivity contribution in [2.24, 2.45) is 0 Å². The van der Waals surface area contributed by atoms with Crippen LogP contribution in [0.1, 0.15) is 41.8 Å². The number of aliphatic hydroxyl groups is 1. The Hall–Kier alpha value is -1.33. The highest BCUT2D eigenvalue weighted by Gasteiger charge is 2.32. The molecule has 1 aliphatic rings. The third-order valence-corrected chi connectivity index (χ3v) is 3.46. The third kappa shape index (κ3) is 2.50. The zero-order valence-electron chi connectivity index (χ0n) is 9.61. The number of carboxylic acids is 1. The SMILES string of the molecule is O=C(O)c1occc1CNC1(CO)CCCC1. The van der Waals surface area contributed by atoms with E-state index in [1.165, 1.54) is 6.26 Å². The average molecular weight is 239 g/mol. The van der Waals surface area contributed by atoms with Gasteiger partial charge in [0.25, 0.3) is 0 Å². The van der Waals surface area contributed by atoms with Gasteiger partial charge in [0.05, 0.1) is 12.9 Å². The van der Waals surface area contributed by atoms with Crippen LogP contribution >= 0.6 is 0 Å². The van der Waals surface area contributed by atoms with Crippen molar-refractivity contribution >= 4 is 5.97 Å². The molecule has 3 N–H and O–H groups in total. The Balaban J connectivity index is 2.01. The monoisotopic (exact) mass is 239 g/mol. The molecule has 1 heterocycles. The lowest BCUT2D eigenvalue weighted by Gasteiger charge is -2.27. The van der Waals surface area contributed by atoms with E-state index in [0.717, 1.165) is 25.7 Å². The number of carboxylic acid groups (broad SMARTS) is 1. The summed E-state index contributed by atoms with van der Waals surface area (Å²) < 4.78 is 4.91. The highest BCUT2D eigenvalue weighted by atomic mass is 16.4. The quantitative estimate of drug-likeness (QED) is 0.723. The number of carbonyl (C=O) groups is 1. The van der Waals surface area contributed by atoms with Gasteiger partial charge in [-0.2, -0.15) is 0 Å². The normalized spacial score (nSPS) is 18.4. The van der Waals surface area contributed by atoms with Crippen molar-refractivity contribution in [3.8, 4) is 0 Å². The molecule has 5 nitrogen and oxygen atoms in total. The summed E-state index contributed by atoms with van der Waals surface area (Å²) in [5.74, 6) is -1.08. The zero-order chi connectivity index (χ0) is 12.3. The third-order valence-electron chi connectivity index (χ3n) is 3.46. The Bertz CT molecular complexity index is 393. The smallest absolute Gasteiger partial charge is 0.372 e. The molecule has 1 saturated carbocycles. The molecule has 0 aromatic carbocycles. The molecule has 1 aromatic heterocycles. The molecular formula is C12H17NO4. The first-order valence-corrected chi connectivity index (χ1v) is 5.82. The molecule has 0 aliphatic heterocycles. The van der Waals surface area contributed by atoms with Crippen molar-refractivity contribution in [3.05, 3.63) is 23.7 Å². The highest BCUT2D eigenvalue weighted by molar-refractivity contribution is 5.86. The zero-order valence-corrected chi connectivity index (χ0v) is 9.61. The van der Waals surface area contributed by atoms with E-state index in [1.54, 1.807) is 6.07 Å². The minimum atomic E-state index is -1.06. The summed E-state index contributed by atoms with van der Waals surface area (Å²) in [4.78, 5) is 10.9. The van der Waals surface area contributed by atoms with Crippen molar-refractivity contribution in [3.63, 3.8) is 0 Å². The molecule has 1 aromatic rings. The minimum absolute atomic E-state index is 0.0245. The Morgan fingerprint density at radius 1 is 1.47 bits per heavy atom. The molecule has 0 atom stereocenters. The van der Waals surface area contributed by atoms with Crippen molar-refractivity contribution in [2.75, 3.05) is 6.61 Å². The summed E-state index contributed by atoms with van der Waals surface area (Å²) >= 11 is 0. The number of furan rings is 1. The number of aromatic carboxylic acids is 1. The second kappa shape index (κ2) is 4.89. The van der Waals surface area contributed by atoms with Gasteiger partial charge in [-0.1, -0.05) is 12.8 Å². The van der Waals surface area contributed by atoms with Crippen LogP contribution in [0.5, 0.6) is 0 Å². The van der Waals surface area contributed by atoms with Crippen molar-refractivity contribution in [2.45, 2.75) is 37.8 Å². The molecule has 0 radical (unpaired) electrons. The lowest BCUT2D eigenvalue weighted by atomic mass is 9.98. The Morgan fingerprint density at radius 3 is 2.76 bits per heavy atom. The standard InChI is InChI=1S/C12H17NO4/c14-8-12(4-1-2-5-12)13-7-9-3-6-17-10(9)11(15)16/h3,6,13-14H,1-2,4-5,7-8H2,(H,15,16). The summed E-state index contributed by atoms with van der Waals surface area (Å²) in [5, 5.41) is 21.6. The first kappa shape index (κ1) is 12.1. The molecule has 17 heavy (non-hydrogen) atoms. The first-order chi connectivity index (χ1) is 8.17. The van der Waals surface area contributed by atoms with Crippen LogP contribution in [0.2, 0.25) is 0 Å². The van der Waals surface area contributed by atoms with Crippen LogP contribution in [0, 0.1) is 0 Å². The summed E-state index contributed by atoms with van der Waals surface area (Å²) in [5.41, 5.74) is 0.379. The van der Waals surface area contributed by atoms with Crippen molar-refractivity contribution in [1.82, 2.24) is 5.32 Å². The van der Waals surface area contributed by atoms with Gasteiger partial charge in [-0.3, -0.25) is 0 Å².